The lowest BCUT2D eigenvalue weighted by Gasteiger charge is -2.10. The Kier molecular flexibility index (Phi) is 6.34. The smallest absolute Gasteiger partial charge is 0.335 e. The van der Waals surface area contributed by atoms with E-state index in [2.05, 4.69) is 22.8 Å². The molecule has 0 fully saturated rings. The molecule has 0 unspecified atom stereocenters. The maximum atomic E-state index is 11.2. The van der Waals surface area contributed by atoms with Crippen LogP contribution in [0.25, 0.3) is 16.6 Å². The van der Waals surface area contributed by atoms with E-state index in [9.17, 15) is 9.90 Å². The Morgan fingerprint density at radius 3 is 2.38 bits per heavy atom. The number of anilines is 1. The molecule has 4 aromatic rings. The van der Waals surface area contributed by atoms with Gasteiger partial charge in [-0.25, -0.2) is 4.79 Å². The number of aryl methyl sites for hydroxylation is 2. The molecule has 0 bridgehead atoms. The van der Waals surface area contributed by atoms with Gasteiger partial charge in [-0.2, -0.15) is 5.10 Å². The number of aromatic nitrogens is 1. The van der Waals surface area contributed by atoms with Crippen LogP contribution in [0.4, 0.5) is 5.69 Å². The average Bonchev–Trinajstić information content (AvgIpc) is 3.11. The van der Waals surface area contributed by atoms with Gasteiger partial charge in [-0.3, -0.25) is 9.99 Å². The predicted molar refractivity (Wildman–Crippen MR) is 139 cm³/mol. The number of fused-ring (bicyclic) bond motifs is 1. The summed E-state index contributed by atoms with van der Waals surface area (Å²) in [5.41, 5.74) is 8.83. The van der Waals surface area contributed by atoms with Crippen LogP contribution in [0.5, 0.6) is 5.88 Å². The molecule has 7 nitrogen and oxygen atoms in total. The maximum Gasteiger partial charge on any atom is 0.335 e. The molecule has 8 heteroatoms. The van der Waals surface area contributed by atoms with E-state index in [0.717, 1.165) is 22.2 Å². The highest BCUT2D eigenvalue weighted by Crippen LogP contribution is 2.35. The standard InChI is InChI=1S/C26H24N4O3S/c1-15-8-13-20(14-16(15)2)30-22-7-5-4-6-21(22)23(24(30)31)17(3)28-29-26(34)27-19-11-9-18(10-12-19)25(32)33/h4-14,31H,1-3H3,(H,32,33)(H2,27,29,34)/b28-17+. The second kappa shape index (κ2) is 9.36. The summed E-state index contributed by atoms with van der Waals surface area (Å²) >= 11 is 5.31. The van der Waals surface area contributed by atoms with Crippen LogP contribution in [-0.4, -0.2) is 31.6 Å². The van der Waals surface area contributed by atoms with Gasteiger partial charge in [0.1, 0.15) is 0 Å². The lowest BCUT2D eigenvalue weighted by molar-refractivity contribution is 0.0697. The van der Waals surface area contributed by atoms with Crippen LogP contribution >= 0.6 is 12.2 Å². The maximum absolute atomic E-state index is 11.2. The first-order valence-electron chi connectivity index (χ1n) is 10.6. The van der Waals surface area contributed by atoms with Gasteiger partial charge in [0.2, 0.25) is 5.88 Å². The Hall–Kier alpha value is -4.17. The van der Waals surface area contributed by atoms with Crippen molar-refractivity contribution in [3.8, 4) is 11.6 Å². The van der Waals surface area contributed by atoms with Crippen molar-refractivity contribution in [2.75, 3.05) is 5.32 Å². The van der Waals surface area contributed by atoms with Crippen molar-refractivity contribution in [1.29, 1.82) is 0 Å². The first-order valence-corrected chi connectivity index (χ1v) is 11.0. The molecule has 0 saturated carbocycles. The number of aromatic hydroxyl groups is 1. The lowest BCUT2D eigenvalue weighted by Crippen LogP contribution is -2.25. The van der Waals surface area contributed by atoms with Gasteiger partial charge in [-0.15, -0.1) is 0 Å². The third-order valence-electron chi connectivity index (χ3n) is 5.68. The number of hydrogen-bond acceptors (Lipinski definition) is 4. The van der Waals surface area contributed by atoms with Crippen molar-refractivity contribution >= 4 is 45.6 Å². The predicted octanol–water partition coefficient (Wildman–Crippen LogP) is 5.36. The Morgan fingerprint density at radius 1 is 1.00 bits per heavy atom. The molecular weight excluding hydrogens is 448 g/mol. The number of carboxylic acid groups (broad SMARTS) is 1. The van der Waals surface area contributed by atoms with Crippen molar-refractivity contribution in [1.82, 2.24) is 9.99 Å². The van der Waals surface area contributed by atoms with Gasteiger partial charge < -0.3 is 15.5 Å². The van der Waals surface area contributed by atoms with Gasteiger partial charge in [0.05, 0.1) is 22.4 Å². The first-order chi connectivity index (χ1) is 16.3. The van der Waals surface area contributed by atoms with Gasteiger partial charge >= 0.3 is 5.97 Å². The zero-order valence-electron chi connectivity index (χ0n) is 19.0. The summed E-state index contributed by atoms with van der Waals surface area (Å²) in [6.45, 7) is 5.89. The fourth-order valence-electron chi connectivity index (χ4n) is 3.75. The van der Waals surface area contributed by atoms with E-state index in [4.69, 9.17) is 17.3 Å². The number of carbonyl (C=O) groups is 1. The molecule has 4 rings (SSSR count). The summed E-state index contributed by atoms with van der Waals surface area (Å²) in [4.78, 5) is 11.0. The Labute approximate surface area is 202 Å². The van der Waals surface area contributed by atoms with Crippen LogP contribution < -0.4 is 10.7 Å². The zero-order valence-corrected chi connectivity index (χ0v) is 19.8. The largest absolute Gasteiger partial charge is 0.494 e. The molecule has 0 aliphatic heterocycles. The van der Waals surface area contributed by atoms with Gasteiger partial charge in [0, 0.05) is 16.8 Å². The van der Waals surface area contributed by atoms with Crippen molar-refractivity contribution in [3.63, 3.8) is 0 Å². The van der Waals surface area contributed by atoms with Gasteiger partial charge in [-0.05, 0) is 86.6 Å². The SMILES string of the molecule is C/C(=N\NC(=S)Nc1ccc(C(=O)O)cc1)c1c(O)n(-c2ccc(C)c(C)c2)c2ccccc12. The molecule has 3 aromatic carbocycles. The molecule has 1 aromatic heterocycles. The van der Waals surface area contributed by atoms with Crippen LogP contribution in [-0.2, 0) is 0 Å². The van der Waals surface area contributed by atoms with Crippen molar-refractivity contribution in [3.05, 3.63) is 89.0 Å². The van der Waals surface area contributed by atoms with E-state index in [1.54, 1.807) is 19.1 Å². The van der Waals surface area contributed by atoms with E-state index >= 15 is 0 Å². The summed E-state index contributed by atoms with van der Waals surface area (Å²) in [7, 11) is 0. The minimum atomic E-state index is -0.993. The zero-order chi connectivity index (χ0) is 24.4. The molecule has 0 radical (unpaired) electrons. The minimum absolute atomic E-state index is 0.0932. The number of hydrazone groups is 1. The molecule has 0 aliphatic rings. The van der Waals surface area contributed by atoms with Crippen LogP contribution in [0, 0.1) is 13.8 Å². The fourth-order valence-corrected chi connectivity index (χ4v) is 3.92. The number of nitrogens with one attached hydrogen (secondary N) is 2. The van der Waals surface area contributed by atoms with E-state index < -0.39 is 5.97 Å². The Morgan fingerprint density at radius 2 is 1.71 bits per heavy atom. The monoisotopic (exact) mass is 472 g/mol. The normalized spacial score (nSPS) is 11.4. The van der Waals surface area contributed by atoms with Crippen molar-refractivity contribution in [2.45, 2.75) is 20.8 Å². The molecule has 4 N–H and O–H groups in total. The summed E-state index contributed by atoms with van der Waals surface area (Å²) in [6.07, 6.45) is 0. The minimum Gasteiger partial charge on any atom is -0.494 e. The highest BCUT2D eigenvalue weighted by Gasteiger charge is 2.20. The van der Waals surface area contributed by atoms with Crippen LogP contribution in [0.2, 0.25) is 0 Å². The summed E-state index contributed by atoms with van der Waals surface area (Å²) < 4.78 is 1.82. The Bertz CT molecular complexity index is 1440. The van der Waals surface area contributed by atoms with Crippen molar-refractivity contribution < 1.29 is 15.0 Å². The molecule has 0 amide bonds. The molecule has 0 atom stereocenters. The van der Waals surface area contributed by atoms with Gasteiger partial charge in [-0.1, -0.05) is 24.3 Å². The molecule has 0 aliphatic carbocycles. The number of carboxylic acids is 1. The fraction of sp³-hybridized carbons (Fsp3) is 0.115. The van der Waals surface area contributed by atoms with Crippen LogP contribution in [0.1, 0.15) is 34.0 Å². The average molecular weight is 473 g/mol. The number of thiocarbonyl (C=S) groups is 1. The molecule has 34 heavy (non-hydrogen) atoms. The summed E-state index contributed by atoms with van der Waals surface area (Å²) in [6, 6.07) is 20.0. The highest BCUT2D eigenvalue weighted by atomic mass is 32.1. The Balaban J connectivity index is 1.62. The summed E-state index contributed by atoms with van der Waals surface area (Å²) in [5.74, 6) is -0.900. The topological polar surface area (TPSA) is 98.9 Å². The number of hydrogen-bond donors (Lipinski definition) is 4. The second-order valence-electron chi connectivity index (χ2n) is 7.97. The van der Waals surface area contributed by atoms with E-state index in [1.165, 1.54) is 17.7 Å². The van der Waals surface area contributed by atoms with E-state index in [0.29, 0.717) is 17.0 Å². The second-order valence-corrected chi connectivity index (χ2v) is 8.37. The van der Waals surface area contributed by atoms with E-state index in [1.807, 2.05) is 54.0 Å². The highest BCUT2D eigenvalue weighted by molar-refractivity contribution is 7.80. The molecule has 1 heterocycles. The number of nitrogens with zero attached hydrogens (tertiary/aromatic N) is 2. The first kappa shape index (κ1) is 23.0. The lowest BCUT2D eigenvalue weighted by atomic mass is 10.1. The van der Waals surface area contributed by atoms with Crippen LogP contribution in [0.3, 0.4) is 0 Å². The van der Waals surface area contributed by atoms with Crippen molar-refractivity contribution in [2.24, 2.45) is 5.10 Å². The number of aromatic carboxylic acids is 1. The number of benzene rings is 3. The third kappa shape index (κ3) is 4.49. The number of para-hydroxylation sites is 1. The molecule has 0 spiro atoms. The summed E-state index contributed by atoms with van der Waals surface area (Å²) in [5, 5.41) is 28.7. The van der Waals surface area contributed by atoms with E-state index in [-0.39, 0.29) is 16.6 Å². The molecular formula is C26H24N4O3S. The van der Waals surface area contributed by atoms with Gasteiger partial charge in [0.15, 0.2) is 5.11 Å². The third-order valence-corrected chi connectivity index (χ3v) is 5.87. The van der Waals surface area contributed by atoms with Crippen LogP contribution in [0.15, 0.2) is 71.8 Å². The quantitative estimate of drug-likeness (QED) is 0.177. The number of rotatable bonds is 5. The molecule has 172 valence electrons. The molecule has 0 saturated heterocycles. The van der Waals surface area contributed by atoms with Gasteiger partial charge in [0.25, 0.3) is 0 Å².